The Morgan fingerprint density at radius 2 is 2.39 bits per heavy atom. The van der Waals surface area contributed by atoms with Gasteiger partial charge in [0.25, 0.3) is 0 Å². The van der Waals surface area contributed by atoms with E-state index in [1.807, 2.05) is 6.92 Å². The number of anilines is 1. The molecule has 0 aliphatic carbocycles. The standard InChI is InChI=1S/C11H14ClFN4O/c1-6-3-4-17(6)11(18)7(2)16-10-8(13)9(12)14-5-15-10/h5-7H,3-4H2,1-2H3,(H,14,15,16)/t6-,7+/m0/s1. The molecule has 2 rings (SSSR count). The van der Waals surface area contributed by atoms with Crippen LogP contribution in [0, 0.1) is 5.82 Å². The van der Waals surface area contributed by atoms with Crippen molar-refractivity contribution in [1.29, 1.82) is 0 Å². The number of nitrogens with one attached hydrogen (secondary N) is 1. The second-order valence-corrected chi connectivity index (χ2v) is 4.72. The smallest absolute Gasteiger partial charge is 0.245 e. The average Bonchev–Trinajstić information content (AvgIpc) is 2.33. The summed E-state index contributed by atoms with van der Waals surface area (Å²) in [5, 5.41) is 2.46. The highest BCUT2D eigenvalue weighted by atomic mass is 35.5. The number of carbonyl (C=O) groups excluding carboxylic acids is 1. The minimum atomic E-state index is -0.740. The van der Waals surface area contributed by atoms with Gasteiger partial charge in [-0.1, -0.05) is 11.6 Å². The van der Waals surface area contributed by atoms with Crippen LogP contribution in [-0.4, -0.2) is 39.4 Å². The van der Waals surface area contributed by atoms with Crippen LogP contribution in [0.25, 0.3) is 0 Å². The van der Waals surface area contributed by atoms with Gasteiger partial charge in [0.15, 0.2) is 11.0 Å². The van der Waals surface area contributed by atoms with Crippen molar-refractivity contribution >= 4 is 23.3 Å². The van der Waals surface area contributed by atoms with E-state index in [4.69, 9.17) is 11.6 Å². The molecule has 0 radical (unpaired) electrons. The van der Waals surface area contributed by atoms with Gasteiger partial charge in [0.2, 0.25) is 11.7 Å². The molecule has 0 unspecified atom stereocenters. The summed E-state index contributed by atoms with van der Waals surface area (Å²) >= 11 is 5.54. The van der Waals surface area contributed by atoms with E-state index in [2.05, 4.69) is 15.3 Å². The number of rotatable bonds is 3. The number of hydrogen-bond acceptors (Lipinski definition) is 4. The number of likely N-dealkylation sites (tertiary alicyclic amines) is 1. The first-order valence-corrected chi connectivity index (χ1v) is 6.11. The number of amides is 1. The highest BCUT2D eigenvalue weighted by Crippen LogP contribution is 2.21. The normalized spacial score (nSPS) is 20.2. The molecule has 2 heterocycles. The zero-order valence-corrected chi connectivity index (χ0v) is 10.9. The average molecular weight is 273 g/mol. The first-order chi connectivity index (χ1) is 8.50. The maximum Gasteiger partial charge on any atom is 0.245 e. The predicted octanol–water partition coefficient (Wildman–Crippen LogP) is 1.69. The van der Waals surface area contributed by atoms with Crippen molar-refractivity contribution in [2.24, 2.45) is 0 Å². The lowest BCUT2D eigenvalue weighted by molar-refractivity contribution is -0.138. The number of nitrogens with zero attached hydrogens (tertiary/aromatic N) is 3. The summed E-state index contributed by atoms with van der Waals surface area (Å²) in [6, 6.07) is -0.297. The third-order valence-corrected chi connectivity index (χ3v) is 3.34. The van der Waals surface area contributed by atoms with E-state index >= 15 is 0 Å². The molecule has 1 aliphatic heterocycles. The van der Waals surface area contributed by atoms with Crippen molar-refractivity contribution in [2.75, 3.05) is 11.9 Å². The predicted molar refractivity (Wildman–Crippen MR) is 65.9 cm³/mol. The van der Waals surface area contributed by atoms with E-state index in [1.54, 1.807) is 11.8 Å². The Labute approximate surface area is 109 Å². The van der Waals surface area contributed by atoms with E-state index in [9.17, 15) is 9.18 Å². The highest BCUT2D eigenvalue weighted by Gasteiger charge is 2.31. The number of halogens is 2. The molecule has 1 aliphatic rings. The quantitative estimate of drug-likeness (QED) is 0.851. The zero-order valence-electron chi connectivity index (χ0n) is 10.2. The molecule has 98 valence electrons. The van der Waals surface area contributed by atoms with Gasteiger partial charge in [-0.15, -0.1) is 0 Å². The molecule has 1 amide bonds. The van der Waals surface area contributed by atoms with Gasteiger partial charge in [-0.05, 0) is 20.3 Å². The molecule has 5 nitrogen and oxygen atoms in total. The maximum atomic E-state index is 13.6. The Hall–Kier alpha value is -1.43. The molecule has 1 saturated heterocycles. The van der Waals surface area contributed by atoms with Crippen molar-refractivity contribution in [3.8, 4) is 0 Å². The highest BCUT2D eigenvalue weighted by molar-refractivity contribution is 6.29. The van der Waals surface area contributed by atoms with Crippen molar-refractivity contribution in [2.45, 2.75) is 32.4 Å². The molecule has 0 spiro atoms. The van der Waals surface area contributed by atoms with Crippen LogP contribution in [0.3, 0.4) is 0 Å². The second kappa shape index (κ2) is 5.06. The summed E-state index contributed by atoms with van der Waals surface area (Å²) < 4.78 is 13.6. The maximum absolute atomic E-state index is 13.6. The van der Waals surface area contributed by atoms with Gasteiger partial charge in [-0.2, -0.15) is 4.39 Å². The topological polar surface area (TPSA) is 58.1 Å². The van der Waals surface area contributed by atoms with E-state index in [0.29, 0.717) is 0 Å². The summed E-state index contributed by atoms with van der Waals surface area (Å²) in [7, 11) is 0. The summed E-state index contributed by atoms with van der Waals surface area (Å²) in [5.41, 5.74) is 0. The van der Waals surface area contributed by atoms with E-state index in [0.717, 1.165) is 19.3 Å². The number of carbonyl (C=O) groups is 1. The van der Waals surface area contributed by atoms with Crippen LogP contribution in [0.5, 0.6) is 0 Å². The summed E-state index contributed by atoms with van der Waals surface area (Å²) in [4.78, 5) is 21.0. The minimum absolute atomic E-state index is 0.0518. The fourth-order valence-electron chi connectivity index (χ4n) is 1.81. The molecule has 1 aromatic heterocycles. The minimum Gasteiger partial charge on any atom is -0.356 e. The van der Waals surface area contributed by atoms with Gasteiger partial charge in [-0.25, -0.2) is 9.97 Å². The first-order valence-electron chi connectivity index (χ1n) is 5.73. The third kappa shape index (κ3) is 2.38. The molecule has 2 atom stereocenters. The first kappa shape index (κ1) is 13.0. The Kier molecular flexibility index (Phi) is 3.65. The summed E-state index contributed by atoms with van der Waals surface area (Å²) in [6.45, 7) is 4.40. The van der Waals surface area contributed by atoms with Gasteiger partial charge >= 0.3 is 0 Å². The third-order valence-electron chi connectivity index (χ3n) is 3.07. The SMILES string of the molecule is C[C@@H](Nc1ncnc(Cl)c1F)C(=O)N1CC[C@@H]1C. The molecular weight excluding hydrogens is 259 g/mol. The lowest BCUT2D eigenvalue weighted by Crippen LogP contribution is -2.54. The van der Waals surface area contributed by atoms with Crippen molar-refractivity contribution in [3.63, 3.8) is 0 Å². The molecule has 18 heavy (non-hydrogen) atoms. The van der Waals surface area contributed by atoms with E-state index in [-0.39, 0.29) is 22.9 Å². The molecule has 0 bridgehead atoms. The molecule has 0 aromatic carbocycles. The Morgan fingerprint density at radius 3 is 2.94 bits per heavy atom. The zero-order chi connectivity index (χ0) is 13.3. The Morgan fingerprint density at radius 1 is 1.67 bits per heavy atom. The number of aromatic nitrogens is 2. The van der Waals surface area contributed by atoms with Crippen LogP contribution < -0.4 is 5.32 Å². The summed E-state index contributed by atoms with van der Waals surface area (Å²) in [6.07, 6.45) is 2.16. The van der Waals surface area contributed by atoms with E-state index < -0.39 is 11.9 Å². The van der Waals surface area contributed by atoms with Crippen LogP contribution in [0.4, 0.5) is 10.2 Å². The van der Waals surface area contributed by atoms with Crippen molar-refractivity contribution < 1.29 is 9.18 Å². The Bertz CT molecular complexity index is 470. The molecule has 0 saturated carbocycles. The van der Waals surface area contributed by atoms with Gasteiger partial charge in [0, 0.05) is 12.6 Å². The van der Waals surface area contributed by atoms with Crippen molar-refractivity contribution in [3.05, 3.63) is 17.3 Å². The lowest BCUT2D eigenvalue weighted by atomic mass is 10.0. The van der Waals surface area contributed by atoms with E-state index in [1.165, 1.54) is 0 Å². The van der Waals surface area contributed by atoms with Crippen molar-refractivity contribution in [1.82, 2.24) is 14.9 Å². The monoisotopic (exact) mass is 272 g/mol. The van der Waals surface area contributed by atoms with Crippen LogP contribution >= 0.6 is 11.6 Å². The fraction of sp³-hybridized carbons (Fsp3) is 0.545. The van der Waals surface area contributed by atoms with Gasteiger partial charge < -0.3 is 10.2 Å². The number of hydrogen-bond donors (Lipinski definition) is 1. The van der Waals surface area contributed by atoms with Crippen LogP contribution in [0.15, 0.2) is 6.33 Å². The molecule has 7 heteroatoms. The van der Waals surface area contributed by atoms with Gasteiger partial charge in [0.1, 0.15) is 12.4 Å². The molecule has 1 fully saturated rings. The fourth-order valence-corrected chi connectivity index (χ4v) is 1.94. The van der Waals surface area contributed by atoms with Gasteiger partial charge in [0.05, 0.1) is 0 Å². The van der Waals surface area contributed by atoms with Crippen LogP contribution in [0.1, 0.15) is 20.3 Å². The van der Waals surface area contributed by atoms with Crippen LogP contribution in [0.2, 0.25) is 5.15 Å². The largest absolute Gasteiger partial charge is 0.356 e. The Balaban J connectivity index is 2.04. The lowest BCUT2D eigenvalue weighted by Gasteiger charge is -2.40. The molecule has 1 aromatic rings. The van der Waals surface area contributed by atoms with Crippen LogP contribution in [-0.2, 0) is 4.79 Å². The van der Waals surface area contributed by atoms with Gasteiger partial charge in [-0.3, -0.25) is 4.79 Å². The molecule has 1 N–H and O–H groups in total. The summed E-state index contributed by atoms with van der Waals surface area (Å²) in [5.74, 6) is -0.859. The molecular formula is C11H14ClFN4O. The second-order valence-electron chi connectivity index (χ2n) is 4.36.